The van der Waals surface area contributed by atoms with Crippen molar-refractivity contribution in [3.8, 4) is 0 Å². The number of benzene rings is 1. The smallest absolute Gasteiger partial charge is 0.270 e. The van der Waals surface area contributed by atoms with E-state index < -0.39 is 0 Å². The predicted molar refractivity (Wildman–Crippen MR) is 102 cm³/mol. The fourth-order valence-corrected chi connectivity index (χ4v) is 2.46. The Morgan fingerprint density at radius 3 is 2.15 bits per heavy atom. The number of nitrogens with one attached hydrogen (secondary N) is 2. The average Bonchev–Trinajstić information content (AvgIpc) is 2.72. The number of amides is 2. The largest absolute Gasteiger partial charge is 0.348 e. The Hall–Kier alpha value is -3.54. The molecular formula is C21H20N4O2. The Balaban J connectivity index is 1.59. The van der Waals surface area contributed by atoms with E-state index in [1.807, 2.05) is 43.3 Å². The van der Waals surface area contributed by atoms with E-state index in [0.29, 0.717) is 18.7 Å². The number of hydrogen-bond donors (Lipinski definition) is 2. The lowest BCUT2D eigenvalue weighted by atomic mass is 10.1. The Morgan fingerprint density at radius 2 is 1.44 bits per heavy atom. The van der Waals surface area contributed by atoms with Crippen molar-refractivity contribution >= 4 is 11.8 Å². The molecule has 0 unspecified atom stereocenters. The molecule has 27 heavy (non-hydrogen) atoms. The molecule has 6 nitrogen and oxygen atoms in total. The highest BCUT2D eigenvalue weighted by Gasteiger charge is 2.11. The molecule has 6 heteroatoms. The van der Waals surface area contributed by atoms with Crippen molar-refractivity contribution in [2.45, 2.75) is 20.0 Å². The van der Waals surface area contributed by atoms with Crippen LogP contribution in [-0.4, -0.2) is 21.8 Å². The number of carbonyl (C=O) groups excluding carboxylic acids is 2. The third-order valence-corrected chi connectivity index (χ3v) is 4.03. The van der Waals surface area contributed by atoms with Gasteiger partial charge in [-0.25, -0.2) is 0 Å². The maximum Gasteiger partial charge on any atom is 0.270 e. The van der Waals surface area contributed by atoms with Crippen LogP contribution in [-0.2, 0) is 13.1 Å². The predicted octanol–water partition coefficient (Wildman–Crippen LogP) is 2.65. The minimum absolute atomic E-state index is 0.207. The van der Waals surface area contributed by atoms with Crippen LogP contribution in [0.1, 0.15) is 37.5 Å². The summed E-state index contributed by atoms with van der Waals surface area (Å²) in [7, 11) is 0. The minimum Gasteiger partial charge on any atom is -0.348 e. The van der Waals surface area contributed by atoms with Crippen molar-refractivity contribution < 1.29 is 9.59 Å². The van der Waals surface area contributed by atoms with Gasteiger partial charge in [0.1, 0.15) is 5.69 Å². The van der Waals surface area contributed by atoms with Gasteiger partial charge in [0.25, 0.3) is 11.8 Å². The van der Waals surface area contributed by atoms with Gasteiger partial charge in [-0.2, -0.15) is 0 Å². The van der Waals surface area contributed by atoms with Gasteiger partial charge in [0.15, 0.2) is 0 Å². The molecule has 2 amide bonds. The Labute approximate surface area is 157 Å². The van der Waals surface area contributed by atoms with Gasteiger partial charge in [0, 0.05) is 37.2 Å². The van der Waals surface area contributed by atoms with Crippen LogP contribution in [0.5, 0.6) is 0 Å². The summed E-state index contributed by atoms with van der Waals surface area (Å²) in [6.45, 7) is 2.80. The summed E-state index contributed by atoms with van der Waals surface area (Å²) in [5.74, 6) is -0.582. The molecule has 3 aromatic rings. The van der Waals surface area contributed by atoms with Crippen molar-refractivity contribution in [1.29, 1.82) is 0 Å². The standard InChI is InChI=1S/C21H20N4O2/c1-15-2-4-16(5-3-15)13-25-21(27)19-12-18(8-11-23-19)20(26)24-14-17-6-9-22-10-7-17/h2-12H,13-14H2,1H3,(H,24,26)(H,25,27). The highest BCUT2D eigenvalue weighted by Crippen LogP contribution is 2.06. The number of rotatable bonds is 6. The minimum atomic E-state index is -0.320. The van der Waals surface area contributed by atoms with E-state index in [9.17, 15) is 9.59 Å². The van der Waals surface area contributed by atoms with Gasteiger partial charge in [-0.05, 0) is 42.3 Å². The van der Waals surface area contributed by atoms with Crippen molar-refractivity contribution in [3.63, 3.8) is 0 Å². The van der Waals surface area contributed by atoms with Crippen molar-refractivity contribution in [2.75, 3.05) is 0 Å². The summed E-state index contributed by atoms with van der Waals surface area (Å²) in [4.78, 5) is 32.7. The molecule has 0 spiro atoms. The third kappa shape index (κ3) is 5.22. The maximum atomic E-state index is 12.3. The first-order chi connectivity index (χ1) is 13.1. The maximum absolute atomic E-state index is 12.3. The molecule has 3 rings (SSSR count). The summed E-state index contributed by atoms with van der Waals surface area (Å²) in [6, 6.07) is 14.7. The number of aryl methyl sites for hydroxylation is 1. The second-order valence-electron chi connectivity index (χ2n) is 6.14. The van der Waals surface area contributed by atoms with Crippen molar-refractivity contribution in [3.05, 3.63) is 95.1 Å². The summed E-state index contributed by atoms with van der Waals surface area (Å²) in [6.07, 6.45) is 4.80. The first-order valence-electron chi connectivity index (χ1n) is 8.59. The van der Waals surface area contributed by atoms with Crippen LogP contribution < -0.4 is 10.6 Å². The first-order valence-corrected chi connectivity index (χ1v) is 8.59. The molecular weight excluding hydrogens is 340 g/mol. The van der Waals surface area contributed by atoms with Gasteiger partial charge < -0.3 is 10.6 Å². The number of hydrogen-bond acceptors (Lipinski definition) is 4. The molecule has 136 valence electrons. The molecule has 0 aliphatic rings. The van der Waals surface area contributed by atoms with E-state index in [0.717, 1.165) is 16.7 Å². The number of pyridine rings is 2. The molecule has 2 N–H and O–H groups in total. The van der Waals surface area contributed by atoms with Crippen LogP contribution in [0.3, 0.4) is 0 Å². The molecule has 0 bridgehead atoms. The summed E-state index contributed by atoms with van der Waals surface area (Å²) in [5.41, 5.74) is 3.71. The fourth-order valence-electron chi connectivity index (χ4n) is 2.46. The van der Waals surface area contributed by atoms with Gasteiger partial charge >= 0.3 is 0 Å². The van der Waals surface area contributed by atoms with Crippen LogP contribution >= 0.6 is 0 Å². The zero-order chi connectivity index (χ0) is 19.1. The van der Waals surface area contributed by atoms with Crippen molar-refractivity contribution in [2.24, 2.45) is 0 Å². The Bertz CT molecular complexity index is 924. The van der Waals surface area contributed by atoms with Crippen LogP contribution in [0, 0.1) is 6.92 Å². The van der Waals surface area contributed by atoms with Gasteiger partial charge in [0.2, 0.25) is 0 Å². The molecule has 2 aromatic heterocycles. The van der Waals surface area contributed by atoms with Crippen LogP contribution in [0.15, 0.2) is 67.1 Å². The first kappa shape index (κ1) is 18.3. The lowest BCUT2D eigenvalue weighted by Crippen LogP contribution is -2.26. The molecule has 1 aromatic carbocycles. The average molecular weight is 360 g/mol. The van der Waals surface area contributed by atoms with E-state index in [1.54, 1.807) is 18.5 Å². The summed E-state index contributed by atoms with van der Waals surface area (Å²) in [5, 5.41) is 5.64. The zero-order valence-corrected chi connectivity index (χ0v) is 15.0. The number of aromatic nitrogens is 2. The lowest BCUT2D eigenvalue weighted by Gasteiger charge is -2.08. The second-order valence-corrected chi connectivity index (χ2v) is 6.14. The number of nitrogens with zero attached hydrogens (tertiary/aromatic N) is 2. The molecule has 0 saturated carbocycles. The van der Waals surface area contributed by atoms with Crippen LogP contribution in [0.25, 0.3) is 0 Å². The van der Waals surface area contributed by atoms with Gasteiger partial charge in [-0.3, -0.25) is 19.6 Å². The quantitative estimate of drug-likeness (QED) is 0.708. The lowest BCUT2D eigenvalue weighted by molar-refractivity contribution is 0.0946. The van der Waals surface area contributed by atoms with E-state index in [-0.39, 0.29) is 17.5 Å². The van der Waals surface area contributed by atoms with Gasteiger partial charge in [-0.15, -0.1) is 0 Å². The molecule has 0 radical (unpaired) electrons. The summed E-state index contributed by atoms with van der Waals surface area (Å²) >= 11 is 0. The molecule has 2 heterocycles. The monoisotopic (exact) mass is 360 g/mol. The summed E-state index contributed by atoms with van der Waals surface area (Å²) < 4.78 is 0. The fraction of sp³-hybridized carbons (Fsp3) is 0.143. The topological polar surface area (TPSA) is 84.0 Å². The molecule has 0 saturated heterocycles. The Kier molecular flexibility index (Phi) is 5.89. The second kappa shape index (κ2) is 8.71. The molecule has 0 fully saturated rings. The highest BCUT2D eigenvalue weighted by atomic mass is 16.2. The van der Waals surface area contributed by atoms with E-state index >= 15 is 0 Å². The van der Waals surface area contributed by atoms with Crippen LogP contribution in [0.4, 0.5) is 0 Å². The molecule has 0 aliphatic heterocycles. The van der Waals surface area contributed by atoms with E-state index in [2.05, 4.69) is 20.6 Å². The SMILES string of the molecule is Cc1ccc(CNC(=O)c2cc(C(=O)NCc3ccncc3)ccn2)cc1. The zero-order valence-electron chi connectivity index (χ0n) is 15.0. The Morgan fingerprint density at radius 1 is 0.815 bits per heavy atom. The molecule has 0 aliphatic carbocycles. The highest BCUT2D eigenvalue weighted by molar-refractivity contribution is 5.98. The van der Waals surface area contributed by atoms with Gasteiger partial charge in [-0.1, -0.05) is 29.8 Å². The van der Waals surface area contributed by atoms with Gasteiger partial charge in [0.05, 0.1) is 0 Å². The number of carbonyl (C=O) groups is 2. The van der Waals surface area contributed by atoms with E-state index in [1.165, 1.54) is 12.3 Å². The van der Waals surface area contributed by atoms with Crippen molar-refractivity contribution in [1.82, 2.24) is 20.6 Å². The third-order valence-electron chi connectivity index (χ3n) is 4.03. The molecule has 0 atom stereocenters. The normalized spacial score (nSPS) is 10.3. The van der Waals surface area contributed by atoms with Crippen LogP contribution in [0.2, 0.25) is 0 Å². The van der Waals surface area contributed by atoms with E-state index in [4.69, 9.17) is 0 Å².